The molecule has 14 heavy (non-hydrogen) atoms. The van der Waals surface area contributed by atoms with Crippen LogP contribution in [-0.2, 0) is 0 Å². The molecule has 3 heteroatoms. The van der Waals surface area contributed by atoms with Gasteiger partial charge in [-0.2, -0.15) is 0 Å². The van der Waals surface area contributed by atoms with Crippen molar-refractivity contribution in [2.45, 2.75) is 24.4 Å². The summed E-state index contributed by atoms with van der Waals surface area (Å²) in [7, 11) is 4.14. The van der Waals surface area contributed by atoms with Crippen molar-refractivity contribution in [1.82, 2.24) is 4.90 Å². The van der Waals surface area contributed by atoms with Crippen LogP contribution in [0.4, 0.5) is 0 Å². The van der Waals surface area contributed by atoms with Crippen LogP contribution in [0.5, 0.6) is 0 Å². The van der Waals surface area contributed by atoms with Crippen LogP contribution < -0.4 is 11.5 Å². The van der Waals surface area contributed by atoms with E-state index < -0.39 is 0 Å². The highest BCUT2D eigenvalue weighted by atomic mass is 15.0. The molecule has 0 bridgehead atoms. The average molecular weight is 195 g/mol. The second-order valence-electron chi connectivity index (χ2n) is 4.29. The second-order valence-corrected chi connectivity index (χ2v) is 4.29. The lowest BCUT2D eigenvalue weighted by Gasteiger charge is -2.32. The molecule has 1 aliphatic rings. The predicted molar refractivity (Wildman–Crippen MR) is 61.0 cm³/mol. The molecular formula is C11H21N3. The fourth-order valence-corrected chi connectivity index (χ4v) is 1.66. The van der Waals surface area contributed by atoms with E-state index in [9.17, 15) is 0 Å². The van der Waals surface area contributed by atoms with E-state index in [2.05, 4.69) is 19.0 Å². The third-order valence-corrected chi connectivity index (χ3v) is 2.67. The van der Waals surface area contributed by atoms with Crippen LogP contribution in [0.25, 0.3) is 0 Å². The van der Waals surface area contributed by atoms with E-state index in [-0.39, 0.29) is 11.6 Å². The normalized spacial score (nSPS) is 31.4. The molecule has 0 spiro atoms. The van der Waals surface area contributed by atoms with Gasteiger partial charge in [-0.05, 0) is 33.5 Å². The van der Waals surface area contributed by atoms with Gasteiger partial charge in [0, 0.05) is 6.04 Å². The summed E-state index contributed by atoms with van der Waals surface area (Å²) < 4.78 is 0. The number of rotatable bonds is 4. The molecule has 0 saturated carbocycles. The Morgan fingerprint density at radius 1 is 1.36 bits per heavy atom. The molecule has 0 aromatic heterocycles. The molecule has 80 valence electrons. The number of hydrogen-bond acceptors (Lipinski definition) is 3. The zero-order valence-corrected chi connectivity index (χ0v) is 9.11. The van der Waals surface area contributed by atoms with Gasteiger partial charge >= 0.3 is 0 Å². The number of allylic oxidation sites excluding steroid dienone is 2. The summed E-state index contributed by atoms with van der Waals surface area (Å²) in [5.74, 6) is 0. The molecule has 1 aliphatic carbocycles. The van der Waals surface area contributed by atoms with Crippen molar-refractivity contribution in [3.8, 4) is 0 Å². The molecule has 1 rings (SSSR count). The zero-order valence-electron chi connectivity index (χ0n) is 9.11. The molecule has 0 aliphatic heterocycles. The van der Waals surface area contributed by atoms with Crippen molar-refractivity contribution in [3.05, 3.63) is 24.3 Å². The van der Waals surface area contributed by atoms with Crippen molar-refractivity contribution >= 4 is 0 Å². The molecule has 0 aromatic carbocycles. The van der Waals surface area contributed by atoms with Crippen LogP contribution >= 0.6 is 0 Å². The SMILES string of the molecule is CN(C)CCCC1(N)C=CC=CC1N. The summed E-state index contributed by atoms with van der Waals surface area (Å²) in [6, 6.07) is -0.0466. The first-order chi connectivity index (χ1) is 6.54. The Morgan fingerprint density at radius 3 is 2.64 bits per heavy atom. The van der Waals surface area contributed by atoms with Crippen molar-refractivity contribution in [1.29, 1.82) is 0 Å². The van der Waals surface area contributed by atoms with Gasteiger partial charge in [-0.15, -0.1) is 0 Å². The molecule has 0 amide bonds. The van der Waals surface area contributed by atoms with E-state index in [1.165, 1.54) is 0 Å². The predicted octanol–water partition coefficient (Wildman–Crippen LogP) is 0.479. The summed E-state index contributed by atoms with van der Waals surface area (Å²) in [6.45, 7) is 1.06. The molecular weight excluding hydrogens is 174 g/mol. The van der Waals surface area contributed by atoms with Gasteiger partial charge in [0.2, 0.25) is 0 Å². The molecule has 0 aromatic rings. The third-order valence-electron chi connectivity index (χ3n) is 2.67. The topological polar surface area (TPSA) is 55.3 Å². The first-order valence-electron chi connectivity index (χ1n) is 5.10. The van der Waals surface area contributed by atoms with Gasteiger partial charge in [-0.25, -0.2) is 0 Å². The molecule has 3 nitrogen and oxygen atoms in total. The van der Waals surface area contributed by atoms with E-state index in [1.54, 1.807) is 0 Å². The molecule has 0 heterocycles. The molecule has 2 atom stereocenters. The van der Waals surface area contributed by atoms with Gasteiger partial charge in [0.1, 0.15) is 0 Å². The first-order valence-corrected chi connectivity index (χ1v) is 5.10. The Bertz CT molecular complexity index is 233. The highest BCUT2D eigenvalue weighted by molar-refractivity contribution is 5.25. The largest absolute Gasteiger partial charge is 0.323 e. The third kappa shape index (κ3) is 2.94. The standard InChI is InChI=1S/C11H21N3/c1-14(2)9-5-8-11(13)7-4-3-6-10(11)12/h3-4,6-7,10H,5,8-9,12-13H2,1-2H3. The minimum Gasteiger partial charge on any atom is -0.323 e. The van der Waals surface area contributed by atoms with E-state index in [4.69, 9.17) is 11.5 Å². The second kappa shape index (κ2) is 4.73. The van der Waals surface area contributed by atoms with Gasteiger partial charge in [0.25, 0.3) is 0 Å². The zero-order chi connectivity index (χ0) is 10.6. The first kappa shape index (κ1) is 11.4. The summed E-state index contributed by atoms with van der Waals surface area (Å²) >= 11 is 0. The van der Waals surface area contributed by atoms with Crippen LogP contribution in [0.15, 0.2) is 24.3 Å². The van der Waals surface area contributed by atoms with Gasteiger partial charge in [-0.3, -0.25) is 0 Å². The van der Waals surface area contributed by atoms with Crippen LogP contribution in [0, 0.1) is 0 Å². The Kier molecular flexibility index (Phi) is 3.86. The molecule has 0 radical (unpaired) electrons. The molecule has 2 unspecified atom stereocenters. The highest BCUT2D eigenvalue weighted by Crippen LogP contribution is 2.19. The Hall–Kier alpha value is -0.640. The lowest BCUT2D eigenvalue weighted by Crippen LogP contribution is -2.53. The molecule has 4 N–H and O–H groups in total. The lowest BCUT2D eigenvalue weighted by atomic mass is 9.84. The Labute approximate surface area is 86.4 Å². The van der Waals surface area contributed by atoms with Crippen LogP contribution in [0.2, 0.25) is 0 Å². The monoisotopic (exact) mass is 195 g/mol. The molecule has 0 fully saturated rings. The summed E-state index contributed by atoms with van der Waals surface area (Å²) in [4.78, 5) is 2.16. The minimum absolute atomic E-state index is 0.0466. The van der Waals surface area contributed by atoms with E-state index in [0.717, 1.165) is 19.4 Å². The maximum atomic E-state index is 6.21. The van der Waals surface area contributed by atoms with Gasteiger partial charge in [0.15, 0.2) is 0 Å². The summed E-state index contributed by atoms with van der Waals surface area (Å²) in [6.07, 6.45) is 9.95. The number of nitrogens with two attached hydrogens (primary N) is 2. The van der Waals surface area contributed by atoms with Crippen molar-refractivity contribution < 1.29 is 0 Å². The Balaban J connectivity index is 2.41. The highest BCUT2D eigenvalue weighted by Gasteiger charge is 2.28. The van der Waals surface area contributed by atoms with E-state index in [0.29, 0.717) is 0 Å². The fourth-order valence-electron chi connectivity index (χ4n) is 1.66. The molecule has 0 saturated heterocycles. The minimum atomic E-state index is -0.342. The van der Waals surface area contributed by atoms with Crippen LogP contribution in [-0.4, -0.2) is 37.1 Å². The quantitative estimate of drug-likeness (QED) is 0.686. The van der Waals surface area contributed by atoms with Crippen LogP contribution in [0.1, 0.15) is 12.8 Å². The Morgan fingerprint density at radius 2 is 2.07 bits per heavy atom. The number of nitrogens with zero attached hydrogens (tertiary/aromatic N) is 1. The van der Waals surface area contributed by atoms with Gasteiger partial charge in [-0.1, -0.05) is 24.3 Å². The summed E-state index contributed by atoms with van der Waals surface area (Å²) in [5.41, 5.74) is 11.8. The lowest BCUT2D eigenvalue weighted by molar-refractivity contribution is 0.352. The summed E-state index contributed by atoms with van der Waals surface area (Å²) in [5, 5.41) is 0. The maximum Gasteiger partial charge on any atom is 0.0532 e. The van der Waals surface area contributed by atoms with Crippen molar-refractivity contribution in [3.63, 3.8) is 0 Å². The smallest absolute Gasteiger partial charge is 0.0532 e. The average Bonchev–Trinajstić information content (AvgIpc) is 2.10. The van der Waals surface area contributed by atoms with E-state index in [1.807, 2.05) is 24.3 Å². The van der Waals surface area contributed by atoms with Crippen LogP contribution in [0.3, 0.4) is 0 Å². The van der Waals surface area contributed by atoms with Gasteiger partial charge in [0.05, 0.1) is 5.54 Å². The maximum absolute atomic E-state index is 6.21. The van der Waals surface area contributed by atoms with Crippen molar-refractivity contribution in [2.75, 3.05) is 20.6 Å². The van der Waals surface area contributed by atoms with Gasteiger partial charge < -0.3 is 16.4 Å². The number of hydrogen-bond donors (Lipinski definition) is 2. The fraction of sp³-hybridized carbons (Fsp3) is 0.636. The van der Waals surface area contributed by atoms with E-state index >= 15 is 0 Å². The van der Waals surface area contributed by atoms with Crippen molar-refractivity contribution in [2.24, 2.45) is 11.5 Å².